The van der Waals surface area contributed by atoms with Crippen LogP contribution < -0.4 is 5.56 Å². The highest BCUT2D eigenvalue weighted by Gasteiger charge is 2.24. The number of nitrogens with zero attached hydrogens (tertiary/aromatic N) is 3. The Balaban J connectivity index is 2.85. The third-order valence-electron chi connectivity index (χ3n) is 2.87. The molecule has 0 saturated heterocycles. The van der Waals surface area contributed by atoms with Gasteiger partial charge in [0.05, 0.1) is 16.9 Å². The maximum Gasteiger partial charge on any atom is 0.347 e. The number of carbonyl (C=O) groups excluding carboxylic acids is 1. The van der Waals surface area contributed by atoms with E-state index in [0.29, 0.717) is 0 Å². The number of fused-ring (bicyclic) bond motifs is 1. The molecule has 0 saturated carbocycles. The maximum atomic E-state index is 12.1. The van der Waals surface area contributed by atoms with E-state index in [2.05, 4.69) is 4.98 Å². The largest absolute Gasteiger partial charge is 0.506 e. The van der Waals surface area contributed by atoms with Crippen LogP contribution in [0, 0.1) is 10.1 Å². The second-order valence-electron chi connectivity index (χ2n) is 4.13. The fraction of sp³-hybridized carbons (Fsp3) is 0.250. The first-order valence-corrected chi connectivity index (χ1v) is 5.91. The summed E-state index contributed by atoms with van der Waals surface area (Å²) >= 11 is 0. The van der Waals surface area contributed by atoms with Crippen LogP contribution in [0.5, 0.6) is 5.75 Å². The van der Waals surface area contributed by atoms with E-state index >= 15 is 0 Å². The Kier molecular flexibility index (Phi) is 3.57. The summed E-state index contributed by atoms with van der Waals surface area (Å²) < 4.78 is 5.72. The summed E-state index contributed by atoms with van der Waals surface area (Å²) in [5.41, 5.74) is -1.71. The average molecular weight is 293 g/mol. The number of aryl methyl sites for hydroxylation is 1. The van der Waals surface area contributed by atoms with Gasteiger partial charge < -0.3 is 9.84 Å². The summed E-state index contributed by atoms with van der Waals surface area (Å²) in [5.74, 6) is -1.67. The van der Waals surface area contributed by atoms with Gasteiger partial charge in [-0.05, 0) is 6.92 Å². The van der Waals surface area contributed by atoms with Gasteiger partial charge in [0.2, 0.25) is 0 Å². The van der Waals surface area contributed by atoms with Gasteiger partial charge in [0, 0.05) is 13.1 Å². The van der Waals surface area contributed by atoms with Gasteiger partial charge in [-0.1, -0.05) is 0 Å². The van der Waals surface area contributed by atoms with Crippen LogP contribution >= 0.6 is 0 Å². The lowest BCUT2D eigenvalue weighted by Gasteiger charge is -2.10. The van der Waals surface area contributed by atoms with E-state index in [0.717, 1.165) is 16.8 Å². The average Bonchev–Trinajstić information content (AvgIpc) is 2.44. The number of hydrogen-bond donors (Lipinski definition) is 1. The van der Waals surface area contributed by atoms with Crippen molar-refractivity contribution in [1.29, 1.82) is 0 Å². The maximum absolute atomic E-state index is 12.1. The van der Waals surface area contributed by atoms with Crippen molar-refractivity contribution in [3.05, 3.63) is 38.3 Å². The minimum atomic E-state index is -0.996. The molecule has 2 rings (SSSR count). The topological polar surface area (TPSA) is 125 Å². The minimum absolute atomic E-state index is 0.0205. The molecule has 0 aromatic carbocycles. The number of esters is 1. The number of carbonyl (C=O) groups is 1. The van der Waals surface area contributed by atoms with Gasteiger partial charge in [0.15, 0.2) is 5.56 Å². The quantitative estimate of drug-likeness (QED) is 0.502. The van der Waals surface area contributed by atoms with Crippen LogP contribution in [0.2, 0.25) is 0 Å². The fourth-order valence-corrected chi connectivity index (χ4v) is 1.88. The van der Waals surface area contributed by atoms with Crippen LogP contribution in [0.1, 0.15) is 17.3 Å². The van der Waals surface area contributed by atoms with Crippen molar-refractivity contribution in [2.24, 2.45) is 7.05 Å². The van der Waals surface area contributed by atoms with E-state index in [-0.39, 0.29) is 23.3 Å². The summed E-state index contributed by atoms with van der Waals surface area (Å²) in [7, 11) is 1.34. The van der Waals surface area contributed by atoms with E-state index in [1.807, 2.05) is 0 Å². The van der Waals surface area contributed by atoms with Gasteiger partial charge in [0.25, 0.3) is 11.2 Å². The molecule has 2 aromatic rings. The first-order chi connectivity index (χ1) is 9.88. The zero-order valence-electron chi connectivity index (χ0n) is 11.2. The highest BCUT2D eigenvalue weighted by Crippen LogP contribution is 2.28. The first kappa shape index (κ1) is 14.4. The van der Waals surface area contributed by atoms with Gasteiger partial charge in [-0.15, -0.1) is 0 Å². The highest BCUT2D eigenvalue weighted by atomic mass is 16.6. The molecule has 0 atom stereocenters. The molecule has 0 amide bonds. The van der Waals surface area contributed by atoms with Crippen LogP contribution in [-0.4, -0.2) is 32.2 Å². The molecular weight excluding hydrogens is 282 g/mol. The zero-order valence-corrected chi connectivity index (χ0v) is 11.2. The van der Waals surface area contributed by atoms with Crippen molar-refractivity contribution < 1.29 is 19.6 Å². The van der Waals surface area contributed by atoms with E-state index in [4.69, 9.17) is 4.74 Å². The van der Waals surface area contributed by atoms with Crippen molar-refractivity contribution in [2.45, 2.75) is 6.92 Å². The molecule has 1 N–H and O–H groups in total. The van der Waals surface area contributed by atoms with Gasteiger partial charge in [-0.3, -0.25) is 19.5 Å². The number of aromatic hydroxyl groups is 1. The normalized spacial score (nSPS) is 10.6. The van der Waals surface area contributed by atoms with Crippen LogP contribution in [0.25, 0.3) is 11.0 Å². The molecule has 21 heavy (non-hydrogen) atoms. The summed E-state index contributed by atoms with van der Waals surface area (Å²) in [6.07, 6.45) is 0.964. The molecule has 0 aliphatic carbocycles. The van der Waals surface area contributed by atoms with Gasteiger partial charge in [0.1, 0.15) is 17.6 Å². The smallest absolute Gasteiger partial charge is 0.347 e. The Morgan fingerprint density at radius 3 is 2.81 bits per heavy atom. The fourth-order valence-electron chi connectivity index (χ4n) is 1.88. The minimum Gasteiger partial charge on any atom is -0.506 e. The lowest BCUT2D eigenvalue weighted by atomic mass is 10.1. The molecule has 110 valence electrons. The van der Waals surface area contributed by atoms with E-state index in [1.54, 1.807) is 6.92 Å². The second-order valence-corrected chi connectivity index (χ2v) is 4.13. The molecule has 9 heteroatoms. The number of rotatable bonds is 3. The molecule has 0 fully saturated rings. The number of ether oxygens (including phenoxy) is 1. The van der Waals surface area contributed by atoms with Crippen molar-refractivity contribution in [1.82, 2.24) is 9.55 Å². The van der Waals surface area contributed by atoms with E-state index in [1.165, 1.54) is 7.05 Å². The Morgan fingerprint density at radius 1 is 1.57 bits per heavy atom. The Bertz CT molecular complexity index is 811. The number of pyridine rings is 2. The van der Waals surface area contributed by atoms with Crippen molar-refractivity contribution in [2.75, 3.05) is 6.61 Å². The van der Waals surface area contributed by atoms with Crippen LogP contribution in [-0.2, 0) is 11.8 Å². The number of aromatic nitrogens is 2. The summed E-state index contributed by atoms with van der Waals surface area (Å²) in [6.45, 7) is 1.57. The first-order valence-electron chi connectivity index (χ1n) is 5.91. The molecule has 2 aromatic heterocycles. The SMILES string of the molecule is CCOC(=O)c1c(O)c2cc([N+](=O)[O-])cnc2n(C)c1=O. The molecular formula is C12H11N3O6. The van der Waals surface area contributed by atoms with Gasteiger partial charge in [-0.2, -0.15) is 0 Å². The van der Waals surface area contributed by atoms with E-state index in [9.17, 15) is 24.8 Å². The van der Waals surface area contributed by atoms with Crippen LogP contribution in [0.15, 0.2) is 17.1 Å². The molecule has 0 spiro atoms. The predicted molar refractivity (Wildman–Crippen MR) is 71.3 cm³/mol. The predicted octanol–water partition coefficient (Wildman–Crippen LogP) is 0.724. The standard InChI is InChI=1S/C12H11N3O6/c1-3-21-12(18)8-9(16)7-4-6(15(19)20)5-13-10(7)14(2)11(8)17/h4-5,16H,3H2,1-2H3. The van der Waals surface area contributed by atoms with Crippen molar-refractivity contribution in [3.63, 3.8) is 0 Å². The Labute approximate surface area is 117 Å². The number of hydrogen-bond acceptors (Lipinski definition) is 7. The molecule has 0 bridgehead atoms. The molecule has 2 heterocycles. The van der Waals surface area contributed by atoms with Crippen LogP contribution in [0.3, 0.4) is 0 Å². The summed E-state index contributed by atoms with van der Waals surface area (Å²) in [4.78, 5) is 37.7. The van der Waals surface area contributed by atoms with Crippen LogP contribution in [0.4, 0.5) is 5.69 Å². The van der Waals surface area contributed by atoms with Crippen molar-refractivity contribution in [3.8, 4) is 5.75 Å². The Hall–Kier alpha value is -2.97. The third-order valence-corrected chi connectivity index (χ3v) is 2.87. The summed E-state index contributed by atoms with van der Waals surface area (Å²) in [5, 5.41) is 20.8. The molecule has 0 aliphatic rings. The Morgan fingerprint density at radius 2 is 2.24 bits per heavy atom. The molecule has 0 unspecified atom stereocenters. The summed E-state index contributed by atoms with van der Waals surface area (Å²) in [6, 6.07) is 1.04. The molecule has 0 radical (unpaired) electrons. The second kappa shape index (κ2) is 5.19. The third kappa shape index (κ3) is 2.29. The monoisotopic (exact) mass is 293 g/mol. The zero-order chi connectivity index (χ0) is 15.7. The molecule has 9 nitrogen and oxygen atoms in total. The van der Waals surface area contributed by atoms with E-state index < -0.39 is 27.8 Å². The highest BCUT2D eigenvalue weighted by molar-refractivity contribution is 5.99. The lowest BCUT2D eigenvalue weighted by molar-refractivity contribution is -0.385. The molecule has 0 aliphatic heterocycles. The van der Waals surface area contributed by atoms with Crippen molar-refractivity contribution >= 4 is 22.7 Å². The number of nitro groups is 1. The van der Waals surface area contributed by atoms with Gasteiger partial charge in [-0.25, -0.2) is 9.78 Å². The lowest BCUT2D eigenvalue weighted by Crippen LogP contribution is -2.26. The van der Waals surface area contributed by atoms with Gasteiger partial charge >= 0.3 is 5.97 Å².